The van der Waals surface area contributed by atoms with Crippen LogP contribution in [0, 0.1) is 0 Å². The standard InChI is InChI=1S/C13H20O3/c1-2-3-9-15-10-12(14)11-16-13-7-5-4-6-8-13/h4-8,12,14H,2-3,9-11H2,1H3/t12-/m1/s1. The van der Waals surface area contributed by atoms with Crippen LogP contribution >= 0.6 is 0 Å². The number of aliphatic hydroxyl groups is 1. The second kappa shape index (κ2) is 8.13. The van der Waals surface area contributed by atoms with E-state index >= 15 is 0 Å². The summed E-state index contributed by atoms with van der Waals surface area (Å²) in [4.78, 5) is 0. The van der Waals surface area contributed by atoms with Crippen LogP contribution in [0.4, 0.5) is 0 Å². The van der Waals surface area contributed by atoms with Gasteiger partial charge in [0.1, 0.15) is 18.5 Å². The molecule has 1 atom stereocenters. The van der Waals surface area contributed by atoms with Crippen molar-refractivity contribution in [2.75, 3.05) is 19.8 Å². The average molecular weight is 224 g/mol. The second-order valence-corrected chi connectivity index (χ2v) is 3.71. The summed E-state index contributed by atoms with van der Waals surface area (Å²) in [5, 5.41) is 9.56. The molecule has 0 heterocycles. The van der Waals surface area contributed by atoms with Crippen molar-refractivity contribution in [2.45, 2.75) is 25.9 Å². The Morgan fingerprint density at radius 2 is 1.94 bits per heavy atom. The van der Waals surface area contributed by atoms with Gasteiger partial charge in [-0.25, -0.2) is 0 Å². The fraction of sp³-hybridized carbons (Fsp3) is 0.538. The minimum Gasteiger partial charge on any atom is -0.491 e. The van der Waals surface area contributed by atoms with E-state index in [1.807, 2.05) is 30.3 Å². The first-order chi connectivity index (χ1) is 7.83. The summed E-state index contributed by atoms with van der Waals surface area (Å²) in [6.07, 6.45) is 1.58. The number of para-hydroxylation sites is 1. The zero-order valence-electron chi connectivity index (χ0n) is 9.76. The number of hydrogen-bond acceptors (Lipinski definition) is 3. The van der Waals surface area contributed by atoms with Gasteiger partial charge in [0.2, 0.25) is 0 Å². The van der Waals surface area contributed by atoms with Crippen molar-refractivity contribution in [1.82, 2.24) is 0 Å². The first-order valence-corrected chi connectivity index (χ1v) is 5.76. The SMILES string of the molecule is CCCCOC[C@@H](O)COc1ccccc1. The summed E-state index contributed by atoms with van der Waals surface area (Å²) < 4.78 is 10.7. The molecule has 0 amide bonds. The maximum Gasteiger partial charge on any atom is 0.119 e. The Morgan fingerprint density at radius 3 is 2.62 bits per heavy atom. The monoisotopic (exact) mass is 224 g/mol. The topological polar surface area (TPSA) is 38.7 Å². The van der Waals surface area contributed by atoms with E-state index in [0.29, 0.717) is 13.2 Å². The number of rotatable bonds is 8. The molecule has 0 saturated carbocycles. The highest BCUT2D eigenvalue weighted by Crippen LogP contribution is 2.08. The molecule has 3 nitrogen and oxygen atoms in total. The van der Waals surface area contributed by atoms with E-state index in [9.17, 15) is 5.11 Å². The van der Waals surface area contributed by atoms with Gasteiger partial charge in [0.05, 0.1) is 6.61 Å². The molecule has 0 radical (unpaired) electrons. The second-order valence-electron chi connectivity index (χ2n) is 3.71. The maximum atomic E-state index is 9.56. The van der Waals surface area contributed by atoms with Gasteiger partial charge in [0, 0.05) is 6.61 Å². The third kappa shape index (κ3) is 5.73. The van der Waals surface area contributed by atoms with Crippen LogP contribution < -0.4 is 4.74 Å². The molecule has 0 aliphatic heterocycles. The van der Waals surface area contributed by atoms with Crippen molar-refractivity contribution in [1.29, 1.82) is 0 Å². The fourth-order valence-electron chi connectivity index (χ4n) is 1.22. The Morgan fingerprint density at radius 1 is 1.19 bits per heavy atom. The lowest BCUT2D eigenvalue weighted by Crippen LogP contribution is -2.23. The van der Waals surface area contributed by atoms with E-state index < -0.39 is 6.10 Å². The van der Waals surface area contributed by atoms with Crippen LogP contribution in [-0.4, -0.2) is 31.0 Å². The third-order valence-electron chi connectivity index (χ3n) is 2.14. The molecule has 0 spiro atoms. The van der Waals surface area contributed by atoms with Crippen molar-refractivity contribution >= 4 is 0 Å². The van der Waals surface area contributed by atoms with E-state index in [-0.39, 0.29) is 6.61 Å². The number of aliphatic hydroxyl groups excluding tert-OH is 1. The largest absolute Gasteiger partial charge is 0.491 e. The molecule has 3 heteroatoms. The average Bonchev–Trinajstić information content (AvgIpc) is 2.33. The maximum absolute atomic E-state index is 9.56. The summed E-state index contributed by atoms with van der Waals surface area (Å²) in [6.45, 7) is 3.43. The molecule has 90 valence electrons. The van der Waals surface area contributed by atoms with Gasteiger partial charge in [0.15, 0.2) is 0 Å². The summed E-state index contributed by atoms with van der Waals surface area (Å²) in [6, 6.07) is 9.46. The smallest absolute Gasteiger partial charge is 0.119 e. The van der Waals surface area contributed by atoms with Crippen LogP contribution in [0.3, 0.4) is 0 Å². The van der Waals surface area contributed by atoms with Gasteiger partial charge in [-0.1, -0.05) is 31.5 Å². The fourth-order valence-corrected chi connectivity index (χ4v) is 1.22. The quantitative estimate of drug-likeness (QED) is 0.688. The molecular weight excluding hydrogens is 204 g/mol. The van der Waals surface area contributed by atoms with Crippen LogP contribution in [0.2, 0.25) is 0 Å². The Hall–Kier alpha value is -1.06. The van der Waals surface area contributed by atoms with Crippen molar-refractivity contribution in [3.63, 3.8) is 0 Å². The van der Waals surface area contributed by atoms with Gasteiger partial charge < -0.3 is 14.6 Å². The van der Waals surface area contributed by atoms with E-state index in [0.717, 1.165) is 18.6 Å². The molecule has 1 rings (SSSR count). The Balaban J connectivity index is 2.08. The highest BCUT2D eigenvalue weighted by atomic mass is 16.5. The molecule has 0 aliphatic carbocycles. The van der Waals surface area contributed by atoms with Gasteiger partial charge in [0.25, 0.3) is 0 Å². The molecule has 1 N–H and O–H groups in total. The number of unbranched alkanes of at least 4 members (excludes halogenated alkanes) is 1. The highest BCUT2D eigenvalue weighted by Gasteiger charge is 2.04. The van der Waals surface area contributed by atoms with Crippen molar-refractivity contribution in [2.24, 2.45) is 0 Å². The van der Waals surface area contributed by atoms with Gasteiger partial charge in [-0.05, 0) is 18.6 Å². The molecular formula is C13H20O3. The lowest BCUT2D eigenvalue weighted by atomic mass is 10.3. The summed E-state index contributed by atoms with van der Waals surface area (Å²) >= 11 is 0. The Kier molecular flexibility index (Phi) is 6.61. The lowest BCUT2D eigenvalue weighted by Gasteiger charge is -2.12. The third-order valence-corrected chi connectivity index (χ3v) is 2.14. The van der Waals surface area contributed by atoms with Crippen molar-refractivity contribution < 1.29 is 14.6 Å². The molecule has 0 unspecified atom stereocenters. The zero-order valence-corrected chi connectivity index (χ0v) is 9.76. The molecule has 1 aromatic rings. The van der Waals surface area contributed by atoms with E-state index in [2.05, 4.69) is 6.92 Å². The van der Waals surface area contributed by atoms with Gasteiger partial charge in [-0.2, -0.15) is 0 Å². The summed E-state index contributed by atoms with van der Waals surface area (Å²) in [5.41, 5.74) is 0. The van der Waals surface area contributed by atoms with Gasteiger partial charge in [-0.3, -0.25) is 0 Å². The van der Waals surface area contributed by atoms with Crippen LogP contribution in [-0.2, 0) is 4.74 Å². The number of benzene rings is 1. The van der Waals surface area contributed by atoms with Crippen LogP contribution in [0.25, 0.3) is 0 Å². The Labute approximate surface area is 97.0 Å². The first-order valence-electron chi connectivity index (χ1n) is 5.76. The van der Waals surface area contributed by atoms with E-state index in [1.54, 1.807) is 0 Å². The lowest BCUT2D eigenvalue weighted by molar-refractivity contribution is 0.0113. The van der Waals surface area contributed by atoms with Crippen LogP contribution in [0.5, 0.6) is 5.75 Å². The van der Waals surface area contributed by atoms with Crippen LogP contribution in [0.15, 0.2) is 30.3 Å². The van der Waals surface area contributed by atoms with E-state index in [4.69, 9.17) is 9.47 Å². The highest BCUT2D eigenvalue weighted by molar-refractivity contribution is 5.20. The molecule has 1 aromatic carbocycles. The predicted molar refractivity (Wildman–Crippen MR) is 63.7 cm³/mol. The van der Waals surface area contributed by atoms with Crippen LogP contribution in [0.1, 0.15) is 19.8 Å². The zero-order chi connectivity index (χ0) is 11.6. The van der Waals surface area contributed by atoms with Crippen molar-refractivity contribution in [3.8, 4) is 5.75 Å². The molecule has 0 saturated heterocycles. The molecule has 0 aromatic heterocycles. The predicted octanol–water partition coefficient (Wildman–Crippen LogP) is 2.24. The number of hydrogen-bond donors (Lipinski definition) is 1. The normalized spacial score (nSPS) is 12.4. The molecule has 16 heavy (non-hydrogen) atoms. The molecule has 0 fully saturated rings. The summed E-state index contributed by atoms with van der Waals surface area (Å²) in [7, 11) is 0. The number of ether oxygens (including phenoxy) is 2. The summed E-state index contributed by atoms with van der Waals surface area (Å²) in [5.74, 6) is 0.773. The minimum absolute atomic E-state index is 0.274. The van der Waals surface area contributed by atoms with Gasteiger partial charge >= 0.3 is 0 Å². The first kappa shape index (κ1) is 13.0. The Bertz CT molecular complexity index is 261. The van der Waals surface area contributed by atoms with Gasteiger partial charge in [-0.15, -0.1) is 0 Å². The van der Waals surface area contributed by atoms with E-state index in [1.165, 1.54) is 0 Å². The molecule has 0 aliphatic rings. The molecule has 0 bridgehead atoms. The van der Waals surface area contributed by atoms with Crippen molar-refractivity contribution in [3.05, 3.63) is 30.3 Å². The minimum atomic E-state index is -0.558.